The predicted octanol–water partition coefficient (Wildman–Crippen LogP) is 2.87. The Labute approximate surface area is 200 Å². The van der Waals surface area contributed by atoms with Gasteiger partial charge >= 0.3 is 0 Å². The molecule has 0 atom stereocenters. The first-order chi connectivity index (χ1) is 16.4. The van der Waals surface area contributed by atoms with Crippen LogP contribution in [0.25, 0.3) is 0 Å². The third-order valence-corrected chi connectivity index (χ3v) is 7.77. The number of carbonyl (C=O) groups excluding carboxylic acids is 1. The number of methoxy groups -OCH3 is 1. The predicted molar refractivity (Wildman–Crippen MR) is 130 cm³/mol. The minimum Gasteiger partial charge on any atom is -0.497 e. The van der Waals surface area contributed by atoms with Crippen molar-refractivity contribution in [1.82, 2.24) is 14.8 Å². The van der Waals surface area contributed by atoms with Gasteiger partial charge in [-0.05, 0) is 60.2 Å². The maximum atomic E-state index is 13.2. The van der Waals surface area contributed by atoms with Gasteiger partial charge in [-0.2, -0.15) is 0 Å². The van der Waals surface area contributed by atoms with Gasteiger partial charge in [-0.15, -0.1) is 0 Å². The highest BCUT2D eigenvalue weighted by Crippen LogP contribution is 2.25. The number of piperazine rings is 1. The molecule has 9 heteroatoms. The Morgan fingerprint density at radius 3 is 2.32 bits per heavy atom. The van der Waals surface area contributed by atoms with Gasteiger partial charge in [-0.3, -0.25) is 19.0 Å². The fourth-order valence-corrected chi connectivity index (χ4v) is 5.16. The summed E-state index contributed by atoms with van der Waals surface area (Å²) in [6.07, 6.45) is 3.56. The van der Waals surface area contributed by atoms with Crippen molar-refractivity contribution in [3.63, 3.8) is 0 Å². The summed E-state index contributed by atoms with van der Waals surface area (Å²) in [4.78, 5) is 21.3. The van der Waals surface area contributed by atoms with Gasteiger partial charge in [0.1, 0.15) is 5.75 Å². The van der Waals surface area contributed by atoms with Crippen LogP contribution in [0.1, 0.15) is 15.9 Å². The number of amides is 1. The average Bonchev–Trinajstić information content (AvgIpc) is 2.89. The summed E-state index contributed by atoms with van der Waals surface area (Å²) >= 11 is 0. The molecule has 0 N–H and O–H groups in total. The molecule has 0 radical (unpaired) electrons. The number of aromatic nitrogens is 1. The number of sulfonamides is 1. The Balaban J connectivity index is 1.43. The normalized spacial score (nSPS) is 14.6. The van der Waals surface area contributed by atoms with Crippen LogP contribution in [0.2, 0.25) is 0 Å². The molecule has 4 rings (SSSR count). The van der Waals surface area contributed by atoms with Crippen LogP contribution in [-0.2, 0) is 16.6 Å². The molecule has 1 fully saturated rings. The van der Waals surface area contributed by atoms with Crippen molar-refractivity contribution in [2.45, 2.75) is 11.4 Å². The third-order valence-electron chi connectivity index (χ3n) is 5.99. The molecule has 2 heterocycles. The number of ether oxygens (including phenoxy) is 1. The highest BCUT2D eigenvalue weighted by atomic mass is 32.2. The van der Waals surface area contributed by atoms with Gasteiger partial charge in [0.05, 0.1) is 17.7 Å². The van der Waals surface area contributed by atoms with E-state index in [1.807, 2.05) is 12.1 Å². The Bertz CT molecular complexity index is 1230. The van der Waals surface area contributed by atoms with E-state index in [2.05, 4.69) is 9.88 Å². The summed E-state index contributed by atoms with van der Waals surface area (Å²) < 4.78 is 32.8. The maximum Gasteiger partial charge on any atom is 0.264 e. The molecule has 1 amide bonds. The summed E-state index contributed by atoms with van der Waals surface area (Å²) in [6, 6.07) is 17.0. The molecule has 1 aliphatic heterocycles. The molecule has 8 nitrogen and oxygen atoms in total. The molecule has 0 unspecified atom stereocenters. The van der Waals surface area contributed by atoms with Crippen LogP contribution >= 0.6 is 0 Å². The minimum atomic E-state index is -3.83. The number of rotatable bonds is 7. The first-order valence-corrected chi connectivity index (χ1v) is 12.5. The second-order valence-corrected chi connectivity index (χ2v) is 10.1. The molecule has 1 saturated heterocycles. The third kappa shape index (κ3) is 5.21. The zero-order valence-electron chi connectivity index (χ0n) is 19.3. The fraction of sp³-hybridized carbons (Fsp3) is 0.280. The molecule has 1 aromatic heterocycles. The largest absolute Gasteiger partial charge is 0.497 e. The van der Waals surface area contributed by atoms with Gasteiger partial charge in [0.25, 0.3) is 15.9 Å². The first kappa shape index (κ1) is 23.7. The van der Waals surface area contributed by atoms with Crippen LogP contribution in [0.3, 0.4) is 0 Å². The fourth-order valence-electron chi connectivity index (χ4n) is 3.92. The summed E-state index contributed by atoms with van der Waals surface area (Å²) in [7, 11) is -0.785. The second-order valence-electron chi connectivity index (χ2n) is 8.12. The van der Waals surface area contributed by atoms with Gasteiger partial charge in [-0.25, -0.2) is 8.42 Å². The van der Waals surface area contributed by atoms with Crippen LogP contribution < -0.4 is 9.04 Å². The topological polar surface area (TPSA) is 83.0 Å². The van der Waals surface area contributed by atoms with Crippen LogP contribution in [-0.4, -0.2) is 69.4 Å². The standard InChI is InChI=1S/C25H28N4O4S/c1-27(22-6-8-23(33-2)9-7-22)34(31,32)24-5-3-4-21(18-24)25(30)29-16-14-28(15-17-29)19-20-10-12-26-13-11-20/h3-13,18H,14-17,19H2,1-2H3. The zero-order chi connectivity index (χ0) is 24.1. The van der Waals surface area contributed by atoms with Gasteiger partial charge in [0.2, 0.25) is 0 Å². The van der Waals surface area contributed by atoms with Gasteiger partial charge < -0.3 is 9.64 Å². The van der Waals surface area contributed by atoms with Crippen molar-refractivity contribution in [3.05, 3.63) is 84.2 Å². The second kappa shape index (κ2) is 10.2. The molecule has 0 spiro atoms. The van der Waals surface area contributed by atoms with E-state index < -0.39 is 10.0 Å². The van der Waals surface area contributed by atoms with Crippen molar-refractivity contribution in [2.24, 2.45) is 0 Å². The van der Waals surface area contributed by atoms with Gasteiger partial charge in [0.15, 0.2) is 0 Å². The van der Waals surface area contributed by atoms with Gasteiger partial charge in [0, 0.05) is 57.7 Å². The van der Waals surface area contributed by atoms with Crippen LogP contribution in [0.15, 0.2) is 78.0 Å². The molecule has 0 saturated carbocycles. The Morgan fingerprint density at radius 2 is 1.68 bits per heavy atom. The number of pyridine rings is 1. The number of benzene rings is 2. The van der Waals surface area contributed by atoms with Crippen LogP contribution in [0.4, 0.5) is 5.69 Å². The number of hydrogen-bond donors (Lipinski definition) is 0. The van der Waals surface area contributed by atoms with Crippen molar-refractivity contribution in [3.8, 4) is 5.75 Å². The van der Waals surface area contributed by atoms with E-state index in [9.17, 15) is 13.2 Å². The minimum absolute atomic E-state index is 0.0768. The van der Waals surface area contributed by atoms with Crippen molar-refractivity contribution in [2.75, 3.05) is 44.6 Å². The van der Waals surface area contributed by atoms with E-state index in [1.54, 1.807) is 60.8 Å². The molecule has 178 valence electrons. The van der Waals surface area contributed by atoms with E-state index >= 15 is 0 Å². The van der Waals surface area contributed by atoms with Crippen LogP contribution in [0.5, 0.6) is 5.75 Å². The highest BCUT2D eigenvalue weighted by molar-refractivity contribution is 7.92. The van der Waals surface area contributed by atoms with Crippen molar-refractivity contribution < 1.29 is 17.9 Å². The highest BCUT2D eigenvalue weighted by Gasteiger charge is 2.25. The Hall–Kier alpha value is -3.43. The van der Waals surface area contributed by atoms with E-state index in [0.717, 1.165) is 19.6 Å². The lowest BCUT2D eigenvalue weighted by Gasteiger charge is -2.34. The molecule has 0 aliphatic carbocycles. The molecule has 1 aliphatic rings. The molecule has 0 bridgehead atoms. The summed E-state index contributed by atoms with van der Waals surface area (Å²) in [5, 5.41) is 0. The molecule has 34 heavy (non-hydrogen) atoms. The lowest BCUT2D eigenvalue weighted by atomic mass is 10.1. The summed E-state index contributed by atoms with van der Waals surface area (Å²) in [5.74, 6) is 0.482. The van der Waals surface area contributed by atoms with E-state index in [1.165, 1.54) is 29.0 Å². The molecule has 2 aromatic carbocycles. The van der Waals surface area contributed by atoms with E-state index in [0.29, 0.717) is 30.1 Å². The van der Waals surface area contributed by atoms with Crippen molar-refractivity contribution in [1.29, 1.82) is 0 Å². The number of carbonyl (C=O) groups is 1. The Morgan fingerprint density at radius 1 is 1.00 bits per heavy atom. The zero-order valence-corrected chi connectivity index (χ0v) is 20.1. The van der Waals surface area contributed by atoms with E-state index in [-0.39, 0.29) is 10.8 Å². The summed E-state index contributed by atoms with van der Waals surface area (Å²) in [6.45, 7) is 3.51. The monoisotopic (exact) mass is 480 g/mol. The lowest BCUT2D eigenvalue weighted by molar-refractivity contribution is 0.0628. The number of nitrogens with zero attached hydrogens (tertiary/aromatic N) is 4. The SMILES string of the molecule is COc1ccc(N(C)S(=O)(=O)c2cccc(C(=O)N3CCN(Cc4ccncc4)CC3)c2)cc1. The molecule has 3 aromatic rings. The van der Waals surface area contributed by atoms with E-state index in [4.69, 9.17) is 4.74 Å². The molecular formula is C25H28N4O4S. The number of anilines is 1. The Kier molecular flexibility index (Phi) is 7.14. The maximum absolute atomic E-state index is 13.2. The quantitative estimate of drug-likeness (QED) is 0.517. The smallest absolute Gasteiger partial charge is 0.264 e. The molecular weight excluding hydrogens is 452 g/mol. The summed E-state index contributed by atoms with van der Waals surface area (Å²) in [5.41, 5.74) is 2.06. The van der Waals surface area contributed by atoms with Gasteiger partial charge in [-0.1, -0.05) is 6.07 Å². The average molecular weight is 481 g/mol. The first-order valence-electron chi connectivity index (χ1n) is 11.0. The van der Waals surface area contributed by atoms with Crippen LogP contribution in [0, 0.1) is 0 Å². The lowest BCUT2D eigenvalue weighted by Crippen LogP contribution is -2.48. The number of hydrogen-bond acceptors (Lipinski definition) is 6. The van der Waals surface area contributed by atoms with Crippen molar-refractivity contribution >= 4 is 21.6 Å².